The van der Waals surface area contributed by atoms with Crippen LogP contribution in [0.1, 0.15) is 25.1 Å². The van der Waals surface area contributed by atoms with Crippen LogP contribution in [0.2, 0.25) is 0 Å². The van der Waals surface area contributed by atoms with Crippen LogP contribution in [0.15, 0.2) is 17.3 Å². The molecule has 0 spiro atoms. The summed E-state index contributed by atoms with van der Waals surface area (Å²) in [5, 5.41) is 0. The van der Waals surface area contributed by atoms with Gasteiger partial charge in [0.05, 0.1) is 24.6 Å². The molecule has 2 unspecified atom stereocenters. The Bertz CT molecular complexity index is 720. The van der Waals surface area contributed by atoms with Gasteiger partial charge in [0.2, 0.25) is 0 Å². The second kappa shape index (κ2) is 4.29. The number of anilines is 1. The van der Waals surface area contributed by atoms with E-state index in [1.54, 1.807) is 0 Å². The van der Waals surface area contributed by atoms with Gasteiger partial charge in [-0.2, -0.15) is 0 Å². The predicted molar refractivity (Wildman–Crippen MR) is 83.0 cm³/mol. The fourth-order valence-corrected chi connectivity index (χ4v) is 4.26. The maximum Gasteiger partial charge on any atom is 0.160 e. The predicted octanol–water partition coefficient (Wildman–Crippen LogP) is 2.10. The summed E-state index contributed by atoms with van der Waals surface area (Å²) in [5.41, 5.74) is 3.25. The quantitative estimate of drug-likeness (QED) is 0.804. The average molecular weight is 281 g/mol. The van der Waals surface area contributed by atoms with E-state index < -0.39 is 0 Å². The highest BCUT2D eigenvalue weighted by Crippen LogP contribution is 2.39. The minimum absolute atomic E-state index is 0.831. The molecule has 2 aliphatic heterocycles. The highest BCUT2D eigenvalue weighted by Gasteiger charge is 2.36. The Balaban J connectivity index is 1.52. The summed E-state index contributed by atoms with van der Waals surface area (Å²) < 4.78 is 2.17. The summed E-state index contributed by atoms with van der Waals surface area (Å²) in [6, 6.07) is 2.21. The van der Waals surface area contributed by atoms with Crippen molar-refractivity contribution >= 4 is 23.1 Å². The first-order chi connectivity index (χ1) is 10.4. The Morgan fingerprint density at radius 3 is 2.86 bits per heavy atom. The molecule has 3 aliphatic rings. The van der Waals surface area contributed by atoms with Gasteiger partial charge in [0, 0.05) is 19.6 Å². The van der Waals surface area contributed by atoms with Crippen LogP contribution in [-0.2, 0) is 6.54 Å². The first-order valence-corrected chi connectivity index (χ1v) is 7.99. The van der Waals surface area contributed by atoms with Gasteiger partial charge in [0.15, 0.2) is 11.5 Å². The number of rotatable bonds is 1. The van der Waals surface area contributed by atoms with Crippen molar-refractivity contribution in [3.63, 3.8) is 0 Å². The lowest BCUT2D eigenvalue weighted by atomic mass is 10.0. The van der Waals surface area contributed by atoms with Crippen molar-refractivity contribution in [3.05, 3.63) is 18.1 Å². The van der Waals surface area contributed by atoms with Gasteiger partial charge in [-0.05, 0) is 30.7 Å². The first-order valence-electron chi connectivity index (χ1n) is 7.99. The van der Waals surface area contributed by atoms with Crippen LogP contribution in [0.4, 0.5) is 5.69 Å². The van der Waals surface area contributed by atoms with Crippen molar-refractivity contribution in [2.45, 2.75) is 25.8 Å². The molecule has 0 N–H and O–H groups in total. The van der Waals surface area contributed by atoms with Crippen LogP contribution >= 0.6 is 0 Å². The highest BCUT2D eigenvalue weighted by molar-refractivity contribution is 5.85. The minimum Gasteiger partial charge on any atom is -0.370 e. The van der Waals surface area contributed by atoms with Gasteiger partial charge in [-0.3, -0.25) is 4.99 Å². The molecular weight excluding hydrogens is 262 g/mol. The number of fused-ring (bicyclic) bond motifs is 4. The van der Waals surface area contributed by atoms with Gasteiger partial charge in [-0.25, -0.2) is 9.97 Å². The summed E-state index contributed by atoms with van der Waals surface area (Å²) in [5.74, 6) is 2.75. The number of aliphatic imine (C=N–C) groups is 1. The molecule has 1 saturated heterocycles. The number of pyridine rings is 1. The number of hydrogen-bond donors (Lipinski definition) is 0. The van der Waals surface area contributed by atoms with E-state index in [0.29, 0.717) is 0 Å². The molecule has 2 aromatic rings. The Hall–Kier alpha value is -1.91. The van der Waals surface area contributed by atoms with Gasteiger partial charge in [0.1, 0.15) is 5.52 Å². The normalized spacial score (nSPS) is 27.3. The van der Waals surface area contributed by atoms with Crippen molar-refractivity contribution in [2.24, 2.45) is 16.8 Å². The molecule has 5 heteroatoms. The molecule has 0 amide bonds. The lowest BCUT2D eigenvalue weighted by Gasteiger charge is -2.19. The molecule has 21 heavy (non-hydrogen) atoms. The van der Waals surface area contributed by atoms with Gasteiger partial charge in [0.25, 0.3) is 0 Å². The summed E-state index contributed by atoms with van der Waals surface area (Å²) in [6.07, 6.45) is 8.14. The average Bonchev–Trinajstić information content (AvgIpc) is 3.18. The SMILES string of the molecule is C1=NCCn2c1nc1cc(N3CC4CCCC4C3)cnc12. The van der Waals surface area contributed by atoms with Gasteiger partial charge >= 0.3 is 0 Å². The van der Waals surface area contributed by atoms with E-state index in [2.05, 4.69) is 25.5 Å². The largest absolute Gasteiger partial charge is 0.370 e. The zero-order valence-electron chi connectivity index (χ0n) is 12.1. The number of imidazole rings is 1. The Kier molecular flexibility index (Phi) is 2.39. The fourth-order valence-electron chi connectivity index (χ4n) is 4.26. The zero-order valence-corrected chi connectivity index (χ0v) is 12.1. The van der Waals surface area contributed by atoms with Crippen LogP contribution in [0.5, 0.6) is 0 Å². The molecule has 2 atom stereocenters. The van der Waals surface area contributed by atoms with Gasteiger partial charge < -0.3 is 9.47 Å². The van der Waals surface area contributed by atoms with Crippen molar-refractivity contribution in [1.29, 1.82) is 0 Å². The molecular formula is C16H19N5. The molecule has 0 aromatic carbocycles. The van der Waals surface area contributed by atoms with Gasteiger partial charge in [-0.15, -0.1) is 0 Å². The standard InChI is InChI=1S/C16H19N5/c1-2-11-9-20(10-12(11)3-1)13-6-14-16(18-7-13)21-5-4-17-8-15(21)19-14/h6-8,11-12H,1-5,9-10H2. The molecule has 5 nitrogen and oxygen atoms in total. The molecule has 2 aromatic heterocycles. The van der Waals surface area contributed by atoms with Crippen molar-refractivity contribution < 1.29 is 0 Å². The summed E-state index contributed by atoms with van der Waals surface area (Å²) in [6.45, 7) is 4.12. The summed E-state index contributed by atoms with van der Waals surface area (Å²) >= 11 is 0. The van der Waals surface area contributed by atoms with Crippen LogP contribution < -0.4 is 4.90 Å². The van der Waals surface area contributed by atoms with E-state index >= 15 is 0 Å². The van der Waals surface area contributed by atoms with E-state index in [1.165, 1.54) is 38.0 Å². The number of hydrogen-bond acceptors (Lipinski definition) is 4. The number of nitrogens with zero attached hydrogens (tertiary/aromatic N) is 5. The molecule has 108 valence electrons. The van der Waals surface area contributed by atoms with E-state index in [1.807, 2.05) is 12.4 Å². The smallest absolute Gasteiger partial charge is 0.160 e. The maximum absolute atomic E-state index is 4.69. The van der Waals surface area contributed by atoms with Crippen LogP contribution in [-0.4, -0.2) is 40.4 Å². The Labute approximate surface area is 123 Å². The molecule has 0 radical (unpaired) electrons. The number of aromatic nitrogens is 3. The molecule has 1 aliphatic carbocycles. The van der Waals surface area contributed by atoms with E-state index in [4.69, 9.17) is 4.98 Å². The van der Waals surface area contributed by atoms with Crippen LogP contribution in [0.25, 0.3) is 11.2 Å². The zero-order chi connectivity index (χ0) is 13.8. The summed E-state index contributed by atoms with van der Waals surface area (Å²) in [4.78, 5) is 16.2. The molecule has 4 heterocycles. The van der Waals surface area contributed by atoms with Crippen molar-refractivity contribution in [3.8, 4) is 0 Å². The molecule has 5 rings (SSSR count). The monoisotopic (exact) mass is 281 g/mol. The third kappa shape index (κ3) is 1.73. The Morgan fingerprint density at radius 2 is 2.00 bits per heavy atom. The molecule has 0 bridgehead atoms. The lowest BCUT2D eigenvalue weighted by molar-refractivity contribution is 0.494. The highest BCUT2D eigenvalue weighted by atomic mass is 15.2. The van der Waals surface area contributed by atoms with Crippen LogP contribution in [0, 0.1) is 11.8 Å². The van der Waals surface area contributed by atoms with E-state index in [0.717, 1.165) is 41.9 Å². The van der Waals surface area contributed by atoms with Crippen LogP contribution in [0.3, 0.4) is 0 Å². The summed E-state index contributed by atoms with van der Waals surface area (Å²) in [7, 11) is 0. The van der Waals surface area contributed by atoms with E-state index in [-0.39, 0.29) is 0 Å². The fraction of sp³-hybridized carbons (Fsp3) is 0.562. The topological polar surface area (TPSA) is 46.3 Å². The minimum atomic E-state index is 0.831. The Morgan fingerprint density at radius 1 is 1.14 bits per heavy atom. The molecule has 2 fully saturated rings. The second-order valence-electron chi connectivity index (χ2n) is 6.55. The third-order valence-electron chi connectivity index (χ3n) is 5.35. The van der Waals surface area contributed by atoms with Crippen molar-refractivity contribution in [1.82, 2.24) is 14.5 Å². The first kappa shape index (κ1) is 11.7. The van der Waals surface area contributed by atoms with Crippen molar-refractivity contribution in [2.75, 3.05) is 24.5 Å². The van der Waals surface area contributed by atoms with E-state index in [9.17, 15) is 0 Å². The van der Waals surface area contributed by atoms with Gasteiger partial charge in [-0.1, -0.05) is 6.42 Å². The lowest BCUT2D eigenvalue weighted by Crippen LogP contribution is -2.20. The maximum atomic E-state index is 4.69. The molecule has 1 saturated carbocycles. The second-order valence-corrected chi connectivity index (χ2v) is 6.55. The third-order valence-corrected chi connectivity index (χ3v) is 5.35.